The van der Waals surface area contributed by atoms with Crippen molar-refractivity contribution in [3.8, 4) is 5.75 Å². The van der Waals surface area contributed by atoms with Gasteiger partial charge in [0.25, 0.3) is 5.91 Å². The van der Waals surface area contributed by atoms with Gasteiger partial charge in [0.2, 0.25) is 0 Å². The second-order valence-corrected chi connectivity index (χ2v) is 5.06. The number of amides is 1. The zero-order valence-electron chi connectivity index (χ0n) is 13.6. The van der Waals surface area contributed by atoms with Gasteiger partial charge in [0.05, 0.1) is 12.2 Å². The summed E-state index contributed by atoms with van der Waals surface area (Å²) in [5.41, 5.74) is 6.20. The molecular formula is C17H17F3N4O2. The summed E-state index contributed by atoms with van der Waals surface area (Å²) in [5.74, 6) is -0.774. The molecule has 0 aliphatic heterocycles. The van der Waals surface area contributed by atoms with Gasteiger partial charge in [-0.3, -0.25) is 9.79 Å². The number of anilines is 1. The lowest BCUT2D eigenvalue weighted by atomic mass is 10.2. The lowest BCUT2D eigenvalue weighted by Crippen LogP contribution is -2.28. The first-order valence-electron chi connectivity index (χ1n) is 7.60. The maximum absolute atomic E-state index is 12.4. The topological polar surface area (TPSA) is 88.7 Å². The third-order valence-electron chi connectivity index (χ3n) is 3.09. The van der Waals surface area contributed by atoms with Crippen LogP contribution in [0.2, 0.25) is 0 Å². The van der Waals surface area contributed by atoms with Crippen LogP contribution in [0.1, 0.15) is 10.4 Å². The number of nitrogens with zero attached hydrogens (tertiary/aromatic N) is 1. The van der Waals surface area contributed by atoms with Crippen molar-refractivity contribution in [3.63, 3.8) is 0 Å². The van der Waals surface area contributed by atoms with E-state index in [2.05, 4.69) is 20.4 Å². The first-order chi connectivity index (χ1) is 12.3. The van der Waals surface area contributed by atoms with E-state index < -0.39 is 12.1 Å². The van der Waals surface area contributed by atoms with Crippen molar-refractivity contribution in [2.45, 2.75) is 6.36 Å². The van der Waals surface area contributed by atoms with E-state index in [-0.39, 0.29) is 30.6 Å². The molecule has 2 aromatic rings. The standard InChI is InChI=1S/C17H17F3N4O2/c18-17(19,20)26-14-9-5-4-8-13(14)24-16(21)23-11-10-22-15(25)12-6-2-1-3-7-12/h1-9H,10-11H2,(H,22,25)(H3,21,23,24). The molecule has 138 valence electrons. The summed E-state index contributed by atoms with van der Waals surface area (Å²) in [5, 5.41) is 5.20. The molecule has 0 unspecified atom stereocenters. The Morgan fingerprint density at radius 3 is 2.42 bits per heavy atom. The number of halogens is 3. The number of nitrogens with one attached hydrogen (secondary N) is 2. The molecule has 9 heteroatoms. The lowest BCUT2D eigenvalue weighted by molar-refractivity contribution is -0.274. The molecule has 2 aromatic carbocycles. The zero-order valence-corrected chi connectivity index (χ0v) is 13.6. The molecule has 4 N–H and O–H groups in total. The lowest BCUT2D eigenvalue weighted by Gasteiger charge is -2.14. The fraction of sp³-hybridized carbons (Fsp3) is 0.176. The number of carbonyl (C=O) groups excluding carboxylic acids is 1. The van der Waals surface area contributed by atoms with Gasteiger partial charge in [0.1, 0.15) is 0 Å². The summed E-state index contributed by atoms with van der Waals surface area (Å²) in [7, 11) is 0. The van der Waals surface area contributed by atoms with Gasteiger partial charge < -0.3 is 21.1 Å². The highest BCUT2D eigenvalue weighted by molar-refractivity contribution is 5.94. The SMILES string of the molecule is NC(=NCCNC(=O)c1ccccc1)Nc1ccccc1OC(F)(F)F. The minimum absolute atomic E-state index is 0.0272. The molecule has 0 heterocycles. The fourth-order valence-corrected chi connectivity index (χ4v) is 2.00. The number of rotatable bonds is 6. The quantitative estimate of drug-likeness (QED) is 0.417. The van der Waals surface area contributed by atoms with Crippen LogP contribution in [-0.4, -0.2) is 31.3 Å². The minimum Gasteiger partial charge on any atom is -0.404 e. The molecule has 2 rings (SSSR count). The van der Waals surface area contributed by atoms with Gasteiger partial charge >= 0.3 is 6.36 Å². The predicted octanol–water partition coefficient (Wildman–Crippen LogP) is 2.74. The molecule has 0 atom stereocenters. The van der Waals surface area contributed by atoms with Gasteiger partial charge in [-0.1, -0.05) is 30.3 Å². The van der Waals surface area contributed by atoms with Crippen molar-refractivity contribution in [1.82, 2.24) is 5.32 Å². The Morgan fingerprint density at radius 1 is 1.08 bits per heavy atom. The molecular weight excluding hydrogens is 349 g/mol. The number of aliphatic imine (C=N–C) groups is 1. The monoisotopic (exact) mass is 366 g/mol. The summed E-state index contributed by atoms with van der Waals surface area (Å²) >= 11 is 0. The molecule has 0 radical (unpaired) electrons. The fourth-order valence-electron chi connectivity index (χ4n) is 2.00. The van der Waals surface area contributed by atoms with Crippen LogP contribution in [0.4, 0.5) is 18.9 Å². The summed E-state index contributed by atoms with van der Waals surface area (Å²) < 4.78 is 41.0. The van der Waals surface area contributed by atoms with Crippen molar-refractivity contribution in [2.75, 3.05) is 18.4 Å². The number of guanidine groups is 1. The van der Waals surface area contributed by atoms with E-state index in [0.29, 0.717) is 5.56 Å². The van der Waals surface area contributed by atoms with Gasteiger partial charge in [-0.2, -0.15) is 0 Å². The number of carbonyl (C=O) groups is 1. The third kappa shape index (κ3) is 6.34. The average molecular weight is 366 g/mol. The molecule has 0 bridgehead atoms. The number of para-hydroxylation sites is 2. The van der Waals surface area contributed by atoms with Crippen LogP contribution in [0, 0.1) is 0 Å². The Hall–Kier alpha value is -3.23. The molecule has 0 saturated carbocycles. The summed E-state index contributed by atoms with van der Waals surface area (Å²) in [6.45, 7) is 0.372. The number of hydrogen-bond acceptors (Lipinski definition) is 3. The summed E-state index contributed by atoms with van der Waals surface area (Å²) in [6, 6.07) is 14.1. The highest BCUT2D eigenvalue weighted by Crippen LogP contribution is 2.29. The number of nitrogens with two attached hydrogens (primary N) is 1. The van der Waals surface area contributed by atoms with Gasteiger partial charge in [0, 0.05) is 12.1 Å². The Bertz CT molecular complexity index is 764. The molecule has 0 aliphatic carbocycles. The molecule has 0 saturated heterocycles. The highest BCUT2D eigenvalue weighted by atomic mass is 19.4. The van der Waals surface area contributed by atoms with E-state index in [1.165, 1.54) is 18.2 Å². The molecule has 1 amide bonds. The van der Waals surface area contributed by atoms with Gasteiger partial charge in [-0.25, -0.2) is 0 Å². The largest absolute Gasteiger partial charge is 0.573 e. The van der Waals surface area contributed by atoms with E-state index in [0.717, 1.165) is 6.07 Å². The van der Waals surface area contributed by atoms with E-state index in [4.69, 9.17) is 5.73 Å². The molecule has 0 spiro atoms. The van der Waals surface area contributed by atoms with E-state index in [9.17, 15) is 18.0 Å². The Labute approximate surface area is 147 Å². The summed E-state index contributed by atoms with van der Waals surface area (Å²) in [6.07, 6.45) is -4.81. The van der Waals surface area contributed by atoms with E-state index in [1.54, 1.807) is 30.3 Å². The second-order valence-electron chi connectivity index (χ2n) is 5.06. The molecule has 0 aliphatic rings. The van der Waals surface area contributed by atoms with Crippen molar-refractivity contribution in [2.24, 2.45) is 10.7 Å². The second kappa shape index (κ2) is 8.75. The molecule has 0 aromatic heterocycles. The van der Waals surface area contributed by atoms with Crippen LogP contribution < -0.4 is 21.1 Å². The summed E-state index contributed by atoms with van der Waals surface area (Å²) in [4.78, 5) is 15.8. The van der Waals surface area contributed by atoms with Gasteiger partial charge in [0.15, 0.2) is 11.7 Å². The zero-order chi connectivity index (χ0) is 19.0. The normalized spacial score (nSPS) is 11.7. The van der Waals surface area contributed by atoms with Crippen molar-refractivity contribution >= 4 is 17.6 Å². The number of alkyl halides is 3. The third-order valence-corrected chi connectivity index (χ3v) is 3.09. The molecule has 0 fully saturated rings. The van der Waals surface area contributed by atoms with Crippen molar-refractivity contribution < 1.29 is 22.7 Å². The maximum atomic E-state index is 12.4. The van der Waals surface area contributed by atoms with Crippen LogP contribution >= 0.6 is 0 Å². The van der Waals surface area contributed by atoms with Gasteiger partial charge in [-0.15, -0.1) is 13.2 Å². The van der Waals surface area contributed by atoms with Crippen LogP contribution in [0.3, 0.4) is 0 Å². The Morgan fingerprint density at radius 2 is 1.73 bits per heavy atom. The van der Waals surface area contributed by atoms with Crippen LogP contribution in [-0.2, 0) is 0 Å². The molecule has 6 nitrogen and oxygen atoms in total. The Kier molecular flexibility index (Phi) is 6.42. The van der Waals surface area contributed by atoms with Crippen LogP contribution in [0.5, 0.6) is 5.75 Å². The van der Waals surface area contributed by atoms with Gasteiger partial charge in [-0.05, 0) is 24.3 Å². The first-order valence-corrected chi connectivity index (χ1v) is 7.60. The number of hydrogen-bond donors (Lipinski definition) is 3. The predicted molar refractivity (Wildman–Crippen MR) is 92.0 cm³/mol. The van der Waals surface area contributed by atoms with Crippen LogP contribution in [0.15, 0.2) is 59.6 Å². The smallest absolute Gasteiger partial charge is 0.404 e. The number of ether oxygens (including phenoxy) is 1. The first kappa shape index (κ1) is 19.1. The van der Waals surface area contributed by atoms with Crippen molar-refractivity contribution in [3.05, 3.63) is 60.2 Å². The number of benzene rings is 2. The maximum Gasteiger partial charge on any atom is 0.573 e. The molecule has 26 heavy (non-hydrogen) atoms. The van der Waals surface area contributed by atoms with E-state index >= 15 is 0 Å². The minimum atomic E-state index is -4.81. The van der Waals surface area contributed by atoms with E-state index in [1.807, 2.05) is 0 Å². The van der Waals surface area contributed by atoms with Crippen LogP contribution in [0.25, 0.3) is 0 Å². The Balaban J connectivity index is 1.86. The highest BCUT2D eigenvalue weighted by Gasteiger charge is 2.32. The van der Waals surface area contributed by atoms with Crippen molar-refractivity contribution in [1.29, 1.82) is 0 Å². The average Bonchev–Trinajstić information content (AvgIpc) is 2.60.